The highest BCUT2D eigenvalue weighted by Gasteiger charge is 2.20. The van der Waals surface area contributed by atoms with Gasteiger partial charge in [0, 0.05) is 44.4 Å². The fourth-order valence-corrected chi connectivity index (χ4v) is 3.11. The van der Waals surface area contributed by atoms with Gasteiger partial charge in [-0.3, -0.25) is 19.7 Å². The van der Waals surface area contributed by atoms with Crippen molar-refractivity contribution < 1.29 is 14.4 Å². The fraction of sp³-hybridized carbons (Fsp3) is 0.538. The van der Waals surface area contributed by atoms with E-state index in [4.69, 9.17) is 0 Å². The van der Waals surface area contributed by atoms with Gasteiger partial charge in [-0.25, -0.2) is 4.98 Å². The number of nitrogens with zero attached hydrogens (tertiary/aromatic N) is 2. The van der Waals surface area contributed by atoms with Crippen molar-refractivity contribution in [3.8, 4) is 0 Å². The van der Waals surface area contributed by atoms with Gasteiger partial charge in [0.2, 0.25) is 5.91 Å². The van der Waals surface area contributed by atoms with Crippen LogP contribution >= 0.6 is 11.3 Å². The Bertz CT molecular complexity index is 586. The second-order valence-electron chi connectivity index (χ2n) is 5.07. The lowest BCUT2D eigenvalue weighted by molar-refractivity contribution is -0.136. The number of thiazole rings is 1. The van der Waals surface area contributed by atoms with Crippen LogP contribution in [-0.2, 0) is 27.3 Å². The number of carbonyl (C=O) groups is 3. The van der Waals surface area contributed by atoms with E-state index in [0.717, 1.165) is 30.1 Å². The van der Waals surface area contributed by atoms with E-state index in [1.54, 1.807) is 0 Å². The molecule has 2 heterocycles. The van der Waals surface area contributed by atoms with Gasteiger partial charge in [-0.05, 0) is 7.05 Å². The van der Waals surface area contributed by atoms with Crippen LogP contribution in [0.3, 0.4) is 0 Å². The monoisotopic (exact) mass is 325 g/mol. The molecule has 0 bridgehead atoms. The molecular formula is C13H19N5O3S. The molecule has 22 heavy (non-hydrogen) atoms. The molecule has 0 atom stereocenters. The molecule has 0 spiro atoms. The molecule has 1 aromatic heterocycles. The van der Waals surface area contributed by atoms with E-state index >= 15 is 0 Å². The molecule has 1 aliphatic rings. The number of carbonyl (C=O) groups excluding carboxylic acids is 3. The molecule has 3 N–H and O–H groups in total. The summed E-state index contributed by atoms with van der Waals surface area (Å²) in [6, 6.07) is 0. The first-order valence-corrected chi connectivity index (χ1v) is 7.78. The molecule has 1 aromatic rings. The van der Waals surface area contributed by atoms with Crippen LogP contribution in [0, 0.1) is 0 Å². The van der Waals surface area contributed by atoms with Crippen LogP contribution in [0.4, 0.5) is 5.13 Å². The molecule has 9 heteroatoms. The summed E-state index contributed by atoms with van der Waals surface area (Å²) in [5.74, 6) is -1.67. The average molecular weight is 325 g/mol. The summed E-state index contributed by atoms with van der Waals surface area (Å²) in [6.07, 6.45) is 0.848. The van der Waals surface area contributed by atoms with E-state index in [2.05, 4.69) is 25.8 Å². The molecule has 0 saturated carbocycles. The maximum Gasteiger partial charge on any atom is 0.315 e. The summed E-state index contributed by atoms with van der Waals surface area (Å²) in [5.41, 5.74) is 0.990. The van der Waals surface area contributed by atoms with E-state index in [0.29, 0.717) is 5.13 Å². The highest BCUT2D eigenvalue weighted by molar-refractivity contribution is 7.16. The predicted octanol–water partition coefficient (Wildman–Crippen LogP) is -0.678. The van der Waals surface area contributed by atoms with E-state index in [1.165, 1.54) is 18.3 Å². The van der Waals surface area contributed by atoms with Crippen LogP contribution < -0.4 is 16.0 Å². The first-order valence-electron chi connectivity index (χ1n) is 6.96. The van der Waals surface area contributed by atoms with Crippen molar-refractivity contribution in [2.24, 2.45) is 0 Å². The lowest BCUT2D eigenvalue weighted by atomic mass is 10.2. The largest absolute Gasteiger partial charge is 0.355 e. The second kappa shape index (κ2) is 7.32. The Morgan fingerprint density at radius 3 is 2.68 bits per heavy atom. The minimum Gasteiger partial charge on any atom is -0.355 e. The lowest BCUT2D eigenvalue weighted by Gasteiger charge is -2.20. The van der Waals surface area contributed by atoms with E-state index < -0.39 is 11.8 Å². The summed E-state index contributed by atoms with van der Waals surface area (Å²) in [5, 5.41) is 7.92. The van der Waals surface area contributed by atoms with Crippen molar-refractivity contribution in [1.29, 1.82) is 0 Å². The third-order valence-electron chi connectivity index (χ3n) is 3.13. The van der Waals surface area contributed by atoms with E-state index in [1.807, 2.05) is 7.05 Å². The first kappa shape index (κ1) is 16.4. The van der Waals surface area contributed by atoms with Gasteiger partial charge in [-0.2, -0.15) is 0 Å². The van der Waals surface area contributed by atoms with Crippen molar-refractivity contribution >= 4 is 34.2 Å². The van der Waals surface area contributed by atoms with Crippen molar-refractivity contribution in [1.82, 2.24) is 20.5 Å². The highest BCUT2D eigenvalue weighted by Crippen LogP contribution is 2.27. The van der Waals surface area contributed by atoms with Crippen LogP contribution in [-0.4, -0.2) is 54.3 Å². The Balaban J connectivity index is 1.81. The van der Waals surface area contributed by atoms with Gasteiger partial charge >= 0.3 is 11.8 Å². The van der Waals surface area contributed by atoms with Gasteiger partial charge < -0.3 is 15.5 Å². The van der Waals surface area contributed by atoms with Gasteiger partial charge in [-0.1, -0.05) is 0 Å². The van der Waals surface area contributed by atoms with Gasteiger partial charge in [0.15, 0.2) is 5.13 Å². The summed E-state index contributed by atoms with van der Waals surface area (Å²) < 4.78 is 0. The number of likely N-dealkylation sites (N-methyl/N-ethyl adjacent to an activating group) is 1. The number of anilines is 1. The third-order valence-corrected chi connectivity index (χ3v) is 4.13. The summed E-state index contributed by atoms with van der Waals surface area (Å²) in [6.45, 7) is 3.62. The van der Waals surface area contributed by atoms with Crippen LogP contribution in [0.1, 0.15) is 17.5 Å². The number of amides is 3. The maximum atomic E-state index is 11.8. The highest BCUT2D eigenvalue weighted by atomic mass is 32.1. The van der Waals surface area contributed by atoms with Crippen molar-refractivity contribution in [2.45, 2.75) is 19.9 Å². The number of hydrogen-bond acceptors (Lipinski definition) is 6. The van der Waals surface area contributed by atoms with Crippen molar-refractivity contribution in [2.75, 3.05) is 32.0 Å². The van der Waals surface area contributed by atoms with Crippen LogP contribution in [0.15, 0.2) is 0 Å². The summed E-state index contributed by atoms with van der Waals surface area (Å²) in [7, 11) is 2.03. The molecule has 0 radical (unpaired) electrons. The van der Waals surface area contributed by atoms with Gasteiger partial charge in [-0.15, -0.1) is 11.3 Å². The SMILES string of the molecule is CC(=O)NCCNC(=O)C(=O)Nc1nc2c(s1)CN(C)CC2. The summed E-state index contributed by atoms with van der Waals surface area (Å²) in [4.78, 5) is 41.7. The Morgan fingerprint density at radius 2 is 1.95 bits per heavy atom. The zero-order chi connectivity index (χ0) is 16.1. The lowest BCUT2D eigenvalue weighted by Crippen LogP contribution is -2.39. The Kier molecular flexibility index (Phi) is 5.45. The van der Waals surface area contributed by atoms with Gasteiger partial charge in [0.1, 0.15) is 0 Å². The molecule has 120 valence electrons. The minimum atomic E-state index is -0.748. The smallest absolute Gasteiger partial charge is 0.315 e. The Morgan fingerprint density at radius 1 is 1.23 bits per heavy atom. The Labute approximate surface area is 132 Å². The minimum absolute atomic E-state index is 0.183. The van der Waals surface area contributed by atoms with E-state index in [9.17, 15) is 14.4 Å². The van der Waals surface area contributed by atoms with Gasteiger partial charge in [0.25, 0.3) is 0 Å². The molecule has 2 rings (SSSR count). The normalized spacial score (nSPS) is 14.1. The molecule has 1 aliphatic heterocycles. The maximum absolute atomic E-state index is 11.8. The molecule has 0 unspecified atom stereocenters. The van der Waals surface area contributed by atoms with Gasteiger partial charge in [0.05, 0.1) is 5.69 Å². The quantitative estimate of drug-likeness (QED) is 0.503. The molecule has 0 aromatic carbocycles. The average Bonchev–Trinajstić information content (AvgIpc) is 2.84. The van der Waals surface area contributed by atoms with Crippen LogP contribution in [0.2, 0.25) is 0 Å². The number of fused-ring (bicyclic) bond motifs is 1. The zero-order valence-corrected chi connectivity index (χ0v) is 13.4. The molecule has 8 nitrogen and oxygen atoms in total. The Hall–Kier alpha value is -2.00. The van der Waals surface area contributed by atoms with Crippen molar-refractivity contribution in [3.05, 3.63) is 10.6 Å². The number of aromatic nitrogens is 1. The van der Waals surface area contributed by atoms with Crippen LogP contribution in [0.5, 0.6) is 0 Å². The van der Waals surface area contributed by atoms with E-state index in [-0.39, 0.29) is 19.0 Å². The number of rotatable bonds is 4. The molecule has 0 saturated heterocycles. The molecule has 3 amide bonds. The predicted molar refractivity (Wildman–Crippen MR) is 82.5 cm³/mol. The third kappa shape index (κ3) is 4.50. The van der Waals surface area contributed by atoms with Crippen LogP contribution in [0.25, 0.3) is 0 Å². The zero-order valence-electron chi connectivity index (χ0n) is 12.6. The number of nitrogens with one attached hydrogen (secondary N) is 3. The first-order chi connectivity index (χ1) is 10.5. The summed E-state index contributed by atoms with van der Waals surface area (Å²) >= 11 is 1.40. The molecule has 0 fully saturated rings. The molecule has 0 aliphatic carbocycles. The van der Waals surface area contributed by atoms with Crippen molar-refractivity contribution in [3.63, 3.8) is 0 Å². The standard InChI is InChI=1S/C13H19N5O3S/c1-8(19)14-4-5-15-11(20)12(21)17-13-16-9-3-6-18(2)7-10(9)22-13/h3-7H2,1-2H3,(H,14,19)(H,15,20)(H,16,17,21). The molecular weight excluding hydrogens is 306 g/mol. The topological polar surface area (TPSA) is 103 Å². The number of hydrogen-bond donors (Lipinski definition) is 3. The fourth-order valence-electron chi connectivity index (χ4n) is 2.03. The second-order valence-corrected chi connectivity index (χ2v) is 6.15.